The van der Waals surface area contributed by atoms with Gasteiger partial charge in [-0.1, -0.05) is 11.6 Å². The maximum Gasteiger partial charge on any atom is 0.337 e. The number of esters is 1. The molecule has 132 valence electrons. The summed E-state index contributed by atoms with van der Waals surface area (Å²) in [6.45, 7) is 0.792. The minimum Gasteiger partial charge on any atom is -0.465 e. The van der Waals surface area contributed by atoms with Crippen LogP contribution in [0.1, 0.15) is 20.8 Å². The fourth-order valence-electron chi connectivity index (χ4n) is 1.88. The zero-order chi connectivity index (χ0) is 18.2. The zero-order valence-corrected chi connectivity index (χ0v) is 14.5. The second kappa shape index (κ2) is 8.95. The maximum absolute atomic E-state index is 11.8. The predicted molar refractivity (Wildman–Crippen MR) is 92.3 cm³/mol. The molecule has 0 spiro atoms. The van der Waals surface area contributed by atoms with Crippen molar-refractivity contribution in [3.05, 3.63) is 46.6 Å². The molecule has 0 radical (unpaired) electrons. The largest absolute Gasteiger partial charge is 0.465 e. The summed E-state index contributed by atoms with van der Waals surface area (Å²) in [6.07, 6.45) is 0. The van der Waals surface area contributed by atoms with Gasteiger partial charge < -0.3 is 20.1 Å². The third-order valence-electron chi connectivity index (χ3n) is 3.14. The van der Waals surface area contributed by atoms with Gasteiger partial charge in [0.05, 0.1) is 30.0 Å². The Kier molecular flexibility index (Phi) is 6.67. The minimum atomic E-state index is -0.478. The number of nitrogens with zero attached hydrogens (tertiary/aromatic N) is 2. The molecule has 0 bridgehead atoms. The van der Waals surface area contributed by atoms with Gasteiger partial charge in [0.15, 0.2) is 11.5 Å². The number of carbonyl (C=O) groups is 2. The molecule has 1 amide bonds. The van der Waals surface area contributed by atoms with E-state index in [4.69, 9.17) is 16.3 Å². The van der Waals surface area contributed by atoms with Crippen LogP contribution >= 0.6 is 11.6 Å². The van der Waals surface area contributed by atoms with Gasteiger partial charge >= 0.3 is 5.97 Å². The average molecular weight is 365 g/mol. The molecule has 2 rings (SSSR count). The van der Waals surface area contributed by atoms with Crippen molar-refractivity contribution >= 4 is 35.0 Å². The molecular formula is C16H17ClN4O4. The summed E-state index contributed by atoms with van der Waals surface area (Å²) in [7, 11) is 2.85. The first-order chi connectivity index (χ1) is 12.0. The molecule has 0 aliphatic rings. The minimum absolute atomic E-state index is 0.177. The summed E-state index contributed by atoms with van der Waals surface area (Å²) in [4.78, 5) is 23.4. The first kappa shape index (κ1) is 18.6. The molecule has 1 heterocycles. The first-order valence-electron chi connectivity index (χ1n) is 7.31. The fourth-order valence-corrected chi connectivity index (χ4v) is 2.05. The molecule has 0 aliphatic heterocycles. The first-order valence-corrected chi connectivity index (χ1v) is 7.68. The van der Waals surface area contributed by atoms with E-state index in [9.17, 15) is 9.59 Å². The Morgan fingerprint density at radius 1 is 1.16 bits per heavy atom. The number of aromatic nitrogens is 2. The topological polar surface area (TPSA) is 102 Å². The molecule has 2 N–H and O–H groups in total. The summed E-state index contributed by atoms with van der Waals surface area (Å²) in [6, 6.07) is 7.77. The number of benzene rings is 1. The van der Waals surface area contributed by atoms with Gasteiger partial charge in [0, 0.05) is 13.7 Å². The maximum atomic E-state index is 11.8. The van der Waals surface area contributed by atoms with Crippen molar-refractivity contribution in [3.63, 3.8) is 0 Å². The summed E-state index contributed by atoms with van der Waals surface area (Å²) in [5.41, 5.74) is 0.990. The van der Waals surface area contributed by atoms with E-state index >= 15 is 0 Å². The van der Waals surface area contributed by atoms with E-state index in [1.165, 1.54) is 13.2 Å². The fraction of sp³-hybridized carbons (Fsp3) is 0.250. The van der Waals surface area contributed by atoms with Gasteiger partial charge in [-0.25, -0.2) is 4.79 Å². The van der Waals surface area contributed by atoms with E-state index in [0.29, 0.717) is 35.2 Å². The van der Waals surface area contributed by atoms with E-state index < -0.39 is 5.97 Å². The van der Waals surface area contributed by atoms with Crippen molar-refractivity contribution in [2.24, 2.45) is 0 Å². The molecule has 0 saturated carbocycles. The molecule has 25 heavy (non-hydrogen) atoms. The Morgan fingerprint density at radius 3 is 2.60 bits per heavy atom. The summed E-state index contributed by atoms with van der Waals surface area (Å²) < 4.78 is 9.53. The van der Waals surface area contributed by atoms with Crippen molar-refractivity contribution in [2.75, 3.05) is 32.7 Å². The SMILES string of the molecule is COCCNC(=O)c1ccc(Nc2cc(C(=O)OC)ccc2Cl)nn1. The number of anilines is 2. The highest BCUT2D eigenvalue weighted by Crippen LogP contribution is 2.26. The highest BCUT2D eigenvalue weighted by Gasteiger charge is 2.11. The third kappa shape index (κ3) is 5.13. The van der Waals surface area contributed by atoms with Crippen LogP contribution < -0.4 is 10.6 Å². The van der Waals surface area contributed by atoms with Crippen LogP contribution in [0.25, 0.3) is 0 Å². The molecule has 0 saturated heterocycles. The monoisotopic (exact) mass is 364 g/mol. The molecule has 1 aromatic carbocycles. The normalized spacial score (nSPS) is 10.2. The molecule has 2 aromatic rings. The highest BCUT2D eigenvalue weighted by molar-refractivity contribution is 6.33. The van der Waals surface area contributed by atoms with E-state index in [1.807, 2.05) is 0 Å². The molecule has 9 heteroatoms. The molecule has 1 aromatic heterocycles. The van der Waals surface area contributed by atoms with Gasteiger partial charge in [0.25, 0.3) is 5.91 Å². The molecule has 8 nitrogen and oxygen atoms in total. The van der Waals surface area contributed by atoms with E-state index in [0.717, 1.165) is 0 Å². The lowest BCUT2D eigenvalue weighted by molar-refractivity contribution is 0.0600. The average Bonchev–Trinajstić information content (AvgIpc) is 2.63. The van der Waals surface area contributed by atoms with Crippen molar-refractivity contribution in [2.45, 2.75) is 0 Å². The van der Waals surface area contributed by atoms with E-state index in [1.54, 1.807) is 31.4 Å². The van der Waals surface area contributed by atoms with Gasteiger partial charge in [-0.05, 0) is 30.3 Å². The lowest BCUT2D eigenvalue weighted by Gasteiger charge is -2.09. The molecular weight excluding hydrogens is 348 g/mol. The van der Waals surface area contributed by atoms with Crippen LogP contribution in [0.3, 0.4) is 0 Å². The van der Waals surface area contributed by atoms with E-state index in [-0.39, 0.29) is 11.6 Å². The number of nitrogens with one attached hydrogen (secondary N) is 2. The number of halogens is 1. The number of ether oxygens (including phenoxy) is 2. The Morgan fingerprint density at radius 2 is 1.96 bits per heavy atom. The summed E-state index contributed by atoms with van der Waals surface area (Å²) in [5, 5.41) is 13.8. The highest BCUT2D eigenvalue weighted by atomic mass is 35.5. The van der Waals surface area contributed by atoms with Crippen molar-refractivity contribution in [3.8, 4) is 0 Å². The molecule has 0 unspecified atom stereocenters. The Hall–Kier alpha value is -2.71. The van der Waals surface area contributed by atoms with Gasteiger partial charge in [-0.3, -0.25) is 4.79 Å². The Bertz CT molecular complexity index is 752. The smallest absolute Gasteiger partial charge is 0.337 e. The molecule has 0 fully saturated rings. The van der Waals surface area contributed by atoms with Crippen LogP contribution in [-0.2, 0) is 9.47 Å². The number of hydrogen-bond acceptors (Lipinski definition) is 7. The summed E-state index contributed by atoms with van der Waals surface area (Å²) >= 11 is 6.11. The van der Waals surface area contributed by atoms with Crippen LogP contribution in [0.4, 0.5) is 11.5 Å². The van der Waals surface area contributed by atoms with Crippen molar-refractivity contribution in [1.29, 1.82) is 0 Å². The third-order valence-corrected chi connectivity index (χ3v) is 3.47. The van der Waals surface area contributed by atoms with Crippen LogP contribution in [-0.4, -0.2) is 49.4 Å². The Balaban J connectivity index is 2.08. The van der Waals surface area contributed by atoms with Gasteiger partial charge in [-0.2, -0.15) is 0 Å². The zero-order valence-electron chi connectivity index (χ0n) is 13.7. The van der Waals surface area contributed by atoms with Crippen molar-refractivity contribution in [1.82, 2.24) is 15.5 Å². The second-order valence-electron chi connectivity index (χ2n) is 4.86. The van der Waals surface area contributed by atoms with Gasteiger partial charge in [-0.15, -0.1) is 10.2 Å². The number of carbonyl (C=O) groups excluding carboxylic acids is 2. The lowest BCUT2D eigenvalue weighted by atomic mass is 10.2. The number of rotatable bonds is 7. The van der Waals surface area contributed by atoms with Crippen LogP contribution in [0, 0.1) is 0 Å². The molecule has 0 aliphatic carbocycles. The number of hydrogen-bond donors (Lipinski definition) is 2. The number of amides is 1. The van der Waals surface area contributed by atoms with E-state index in [2.05, 4.69) is 25.6 Å². The lowest BCUT2D eigenvalue weighted by Crippen LogP contribution is -2.27. The van der Waals surface area contributed by atoms with Gasteiger partial charge in [0.2, 0.25) is 0 Å². The number of methoxy groups -OCH3 is 2. The predicted octanol–water partition coefficient (Wildman–Crippen LogP) is 2.04. The summed E-state index contributed by atoms with van der Waals surface area (Å²) in [5.74, 6) is -0.451. The Labute approximate surface area is 149 Å². The molecule has 0 atom stereocenters. The van der Waals surface area contributed by atoms with Gasteiger partial charge in [0.1, 0.15) is 0 Å². The van der Waals surface area contributed by atoms with Crippen LogP contribution in [0.5, 0.6) is 0 Å². The van der Waals surface area contributed by atoms with Crippen molar-refractivity contribution < 1.29 is 19.1 Å². The second-order valence-corrected chi connectivity index (χ2v) is 5.27. The standard InChI is InChI=1S/C16H17ClN4O4/c1-24-8-7-18-15(22)12-5-6-14(21-20-12)19-13-9-10(16(23)25-2)3-4-11(13)17/h3-6,9H,7-8H2,1-2H3,(H,18,22)(H,19,21). The quantitative estimate of drug-likeness (QED) is 0.572. The van der Waals surface area contributed by atoms with Crippen LogP contribution in [0.2, 0.25) is 5.02 Å². The van der Waals surface area contributed by atoms with Crippen LogP contribution in [0.15, 0.2) is 30.3 Å².